The third-order valence-electron chi connectivity index (χ3n) is 5.95. The summed E-state index contributed by atoms with van der Waals surface area (Å²) in [7, 11) is 0. The molecule has 0 saturated carbocycles. The van der Waals surface area contributed by atoms with Gasteiger partial charge in [-0.05, 0) is 43.5 Å². The number of benzene rings is 1. The molecule has 0 atom stereocenters. The molecule has 0 unspecified atom stereocenters. The molecule has 11 nitrogen and oxygen atoms in total. The number of carbonyl (C=O) groups is 1. The second kappa shape index (κ2) is 10.8. The van der Waals surface area contributed by atoms with Crippen molar-refractivity contribution in [3.63, 3.8) is 0 Å². The number of nitrogens with zero attached hydrogens (tertiary/aromatic N) is 5. The largest absolute Gasteiger partial charge is 0.455 e. The molecule has 4 aromatic heterocycles. The number of anilines is 2. The highest BCUT2D eigenvalue weighted by Crippen LogP contribution is 2.33. The van der Waals surface area contributed by atoms with Crippen LogP contribution in [0.1, 0.15) is 32.2 Å². The van der Waals surface area contributed by atoms with Crippen LogP contribution in [0.5, 0.6) is 11.5 Å². The molecule has 0 radical (unpaired) electrons. The smallest absolute Gasteiger partial charge is 0.324 e. The van der Waals surface area contributed by atoms with Crippen molar-refractivity contribution < 1.29 is 9.53 Å². The molecule has 0 spiro atoms. The van der Waals surface area contributed by atoms with E-state index < -0.39 is 6.03 Å². The summed E-state index contributed by atoms with van der Waals surface area (Å²) in [6.07, 6.45) is 6.35. The van der Waals surface area contributed by atoms with E-state index in [4.69, 9.17) is 9.84 Å². The lowest BCUT2D eigenvalue weighted by Crippen LogP contribution is -2.21. The molecule has 0 saturated heterocycles. The first-order valence-electron chi connectivity index (χ1n) is 12.4. The van der Waals surface area contributed by atoms with Gasteiger partial charge in [-0.1, -0.05) is 20.8 Å². The molecule has 0 aliphatic heterocycles. The van der Waals surface area contributed by atoms with Crippen LogP contribution in [-0.4, -0.2) is 42.0 Å². The zero-order valence-electron chi connectivity index (χ0n) is 22.6. The Kier molecular flexibility index (Phi) is 7.26. The number of hydrogen-bond donors (Lipinski definition) is 3. The number of hydrogen-bond acceptors (Lipinski definition) is 8. The lowest BCUT2D eigenvalue weighted by Gasteiger charge is -2.14. The first-order valence-corrected chi connectivity index (χ1v) is 13.6. The van der Waals surface area contributed by atoms with Crippen molar-refractivity contribution in [2.24, 2.45) is 0 Å². The van der Waals surface area contributed by atoms with E-state index in [0.717, 1.165) is 22.0 Å². The summed E-state index contributed by atoms with van der Waals surface area (Å²) in [5, 5.41) is 10.6. The molecule has 204 valence electrons. The summed E-state index contributed by atoms with van der Waals surface area (Å²) in [5.74, 6) is 1.50. The lowest BCUT2D eigenvalue weighted by atomic mass is 9.92. The first kappa shape index (κ1) is 26.9. The number of ether oxygens (including phenoxy) is 1. The Morgan fingerprint density at radius 1 is 1.02 bits per heavy atom. The van der Waals surface area contributed by atoms with E-state index in [9.17, 15) is 9.59 Å². The third-order valence-corrected chi connectivity index (χ3v) is 6.73. The van der Waals surface area contributed by atoms with Crippen molar-refractivity contribution in [1.82, 2.24) is 29.7 Å². The number of amides is 2. The molecular formula is C28H28N8O3S. The average molecular weight is 557 g/mol. The normalized spacial score (nSPS) is 11.4. The summed E-state index contributed by atoms with van der Waals surface area (Å²) >= 11 is 1.46. The molecule has 0 bridgehead atoms. The number of aromatic amines is 1. The summed E-state index contributed by atoms with van der Waals surface area (Å²) in [4.78, 5) is 40.8. The number of fused-ring (bicyclic) bond motifs is 1. The Balaban J connectivity index is 1.37. The fourth-order valence-corrected chi connectivity index (χ4v) is 4.43. The van der Waals surface area contributed by atoms with Gasteiger partial charge in [0, 0.05) is 34.3 Å². The quantitative estimate of drug-likeness (QED) is 0.228. The number of aryl methyl sites for hydroxylation is 1. The maximum atomic E-state index is 13.1. The predicted octanol–water partition coefficient (Wildman–Crippen LogP) is 5.66. The van der Waals surface area contributed by atoms with E-state index in [1.807, 2.05) is 37.4 Å². The fraction of sp³-hybridized carbons (Fsp3) is 0.214. The van der Waals surface area contributed by atoms with E-state index in [0.29, 0.717) is 34.2 Å². The first-order chi connectivity index (χ1) is 19.1. The minimum atomic E-state index is -0.418. The number of H-pyrrole nitrogens is 1. The number of thioether (sulfide) groups is 1. The maximum Gasteiger partial charge on any atom is 0.324 e. The van der Waals surface area contributed by atoms with E-state index in [1.54, 1.807) is 29.1 Å². The van der Waals surface area contributed by atoms with Crippen LogP contribution in [-0.2, 0) is 5.41 Å². The number of urea groups is 1. The number of nitrogens with one attached hydrogen (secondary N) is 3. The molecule has 0 aliphatic carbocycles. The van der Waals surface area contributed by atoms with Crippen LogP contribution in [0.25, 0.3) is 16.9 Å². The highest BCUT2D eigenvalue weighted by atomic mass is 32.2. The van der Waals surface area contributed by atoms with Gasteiger partial charge in [-0.25, -0.2) is 19.4 Å². The summed E-state index contributed by atoms with van der Waals surface area (Å²) in [6.45, 7) is 8.11. The zero-order valence-corrected chi connectivity index (χ0v) is 23.5. The van der Waals surface area contributed by atoms with Crippen LogP contribution in [0.2, 0.25) is 0 Å². The minimum absolute atomic E-state index is 0.219. The molecule has 5 rings (SSSR count). The Morgan fingerprint density at radius 3 is 2.58 bits per heavy atom. The number of aromatic nitrogens is 6. The van der Waals surface area contributed by atoms with Crippen LogP contribution in [0.15, 0.2) is 70.7 Å². The fourth-order valence-electron chi connectivity index (χ4n) is 3.86. The summed E-state index contributed by atoms with van der Waals surface area (Å²) < 4.78 is 7.73. The monoisotopic (exact) mass is 556 g/mol. The predicted molar refractivity (Wildman–Crippen MR) is 156 cm³/mol. The minimum Gasteiger partial charge on any atom is -0.455 e. The molecule has 2 amide bonds. The standard InChI is InChI=1S/C28H28N8O3S/c1-16-6-7-17(14-30-16)36-23(13-22(35-36)28(2,3)4)33-27(38)32-19-9-8-18(12-21(19)40-5)39-20-10-11-29-26-25(20)31-15-24(37)34-26/h6-15H,1-5H3,(H,29,34,37)(H2,32,33,38). The van der Waals surface area contributed by atoms with Crippen molar-refractivity contribution in [1.29, 1.82) is 0 Å². The lowest BCUT2D eigenvalue weighted by molar-refractivity contribution is 0.262. The molecule has 0 aliphatic rings. The van der Waals surface area contributed by atoms with Gasteiger partial charge in [0.15, 0.2) is 11.4 Å². The summed E-state index contributed by atoms with van der Waals surface area (Å²) in [6, 6.07) is 12.3. The van der Waals surface area contributed by atoms with Crippen LogP contribution >= 0.6 is 11.8 Å². The van der Waals surface area contributed by atoms with Crippen LogP contribution in [0.4, 0.5) is 16.3 Å². The van der Waals surface area contributed by atoms with Crippen molar-refractivity contribution in [2.45, 2.75) is 38.0 Å². The van der Waals surface area contributed by atoms with Gasteiger partial charge in [0.05, 0.1) is 29.5 Å². The molecule has 0 fully saturated rings. The van der Waals surface area contributed by atoms with Gasteiger partial charge in [-0.15, -0.1) is 11.8 Å². The molecule has 4 heterocycles. The van der Waals surface area contributed by atoms with E-state index >= 15 is 0 Å². The Hall–Kier alpha value is -4.71. The van der Waals surface area contributed by atoms with Gasteiger partial charge < -0.3 is 15.0 Å². The van der Waals surface area contributed by atoms with Crippen molar-refractivity contribution >= 4 is 40.5 Å². The van der Waals surface area contributed by atoms with E-state index in [1.165, 1.54) is 24.2 Å². The topological polar surface area (TPSA) is 140 Å². The Labute approximate surface area is 234 Å². The third kappa shape index (κ3) is 5.81. The highest BCUT2D eigenvalue weighted by molar-refractivity contribution is 7.98. The maximum absolute atomic E-state index is 13.1. The highest BCUT2D eigenvalue weighted by Gasteiger charge is 2.22. The number of carbonyl (C=O) groups excluding carboxylic acids is 1. The molecule has 1 aromatic carbocycles. The molecular weight excluding hydrogens is 528 g/mol. The van der Waals surface area contributed by atoms with E-state index in [-0.39, 0.29) is 11.0 Å². The molecule has 12 heteroatoms. The van der Waals surface area contributed by atoms with Gasteiger partial charge in [-0.2, -0.15) is 5.10 Å². The van der Waals surface area contributed by atoms with Crippen molar-refractivity contribution in [3.05, 3.63) is 82.8 Å². The van der Waals surface area contributed by atoms with E-state index in [2.05, 4.69) is 51.3 Å². The Bertz CT molecular complexity index is 1760. The average Bonchev–Trinajstić information content (AvgIpc) is 3.34. The number of pyridine rings is 2. The molecule has 40 heavy (non-hydrogen) atoms. The van der Waals surface area contributed by atoms with Crippen molar-refractivity contribution in [3.8, 4) is 17.2 Å². The second-order valence-electron chi connectivity index (χ2n) is 10.0. The van der Waals surface area contributed by atoms with Gasteiger partial charge in [0.25, 0.3) is 5.56 Å². The van der Waals surface area contributed by atoms with Crippen molar-refractivity contribution in [2.75, 3.05) is 16.9 Å². The molecule has 3 N–H and O–H groups in total. The van der Waals surface area contributed by atoms with Gasteiger partial charge >= 0.3 is 6.03 Å². The van der Waals surface area contributed by atoms with Crippen LogP contribution in [0.3, 0.4) is 0 Å². The van der Waals surface area contributed by atoms with Crippen LogP contribution < -0.4 is 20.9 Å². The SMILES string of the molecule is CSc1cc(Oc2ccnc3[nH]c(=O)cnc23)ccc1NC(=O)Nc1cc(C(C)(C)C)nn1-c1ccc(C)nc1. The molecule has 5 aromatic rings. The van der Waals surface area contributed by atoms with Gasteiger partial charge in [0.1, 0.15) is 17.1 Å². The van der Waals surface area contributed by atoms with Gasteiger partial charge in [-0.3, -0.25) is 15.1 Å². The Morgan fingerprint density at radius 2 is 1.85 bits per heavy atom. The summed E-state index contributed by atoms with van der Waals surface area (Å²) in [5.41, 5.74) is 3.27. The van der Waals surface area contributed by atoms with Crippen LogP contribution in [0, 0.1) is 6.92 Å². The number of rotatable bonds is 6. The second-order valence-corrected chi connectivity index (χ2v) is 10.9. The van der Waals surface area contributed by atoms with Gasteiger partial charge in [0.2, 0.25) is 0 Å². The zero-order chi connectivity index (χ0) is 28.4.